The summed E-state index contributed by atoms with van der Waals surface area (Å²) >= 11 is 0. The van der Waals surface area contributed by atoms with Gasteiger partial charge in [0.1, 0.15) is 6.17 Å². The Morgan fingerprint density at radius 2 is 1.84 bits per heavy atom. The standard InChI is InChI=1S/C17H26FN/c1-13-9-10-19(12-16(13)18)11-14-5-7-15(8-6-14)17(2,3)4/h5-8,13,16H,9-12H2,1-4H3/t13-,16+/m1/s1. The topological polar surface area (TPSA) is 3.24 Å². The molecule has 1 aromatic rings. The molecule has 2 rings (SSSR count). The maximum atomic E-state index is 13.7. The molecular formula is C17H26FN. The van der Waals surface area contributed by atoms with Crippen molar-refractivity contribution >= 4 is 0 Å². The van der Waals surface area contributed by atoms with Gasteiger partial charge in [-0.1, -0.05) is 52.0 Å². The third-order valence-corrected chi connectivity index (χ3v) is 4.18. The average Bonchev–Trinajstić information content (AvgIpc) is 2.33. The molecule has 1 aliphatic heterocycles. The van der Waals surface area contributed by atoms with Crippen molar-refractivity contribution in [1.29, 1.82) is 0 Å². The molecule has 1 nitrogen and oxygen atoms in total. The molecule has 1 aliphatic rings. The number of alkyl halides is 1. The monoisotopic (exact) mass is 263 g/mol. The largest absolute Gasteiger partial charge is 0.296 e. The number of hydrogen-bond acceptors (Lipinski definition) is 1. The second kappa shape index (κ2) is 5.62. The summed E-state index contributed by atoms with van der Waals surface area (Å²) in [4.78, 5) is 2.23. The van der Waals surface area contributed by atoms with E-state index in [9.17, 15) is 4.39 Å². The van der Waals surface area contributed by atoms with Gasteiger partial charge >= 0.3 is 0 Å². The van der Waals surface area contributed by atoms with Gasteiger partial charge in [0.05, 0.1) is 0 Å². The summed E-state index contributed by atoms with van der Waals surface area (Å²) in [6.07, 6.45) is 0.309. The molecule has 0 amide bonds. The molecule has 1 fully saturated rings. The Labute approximate surface area is 116 Å². The molecule has 0 unspecified atom stereocenters. The molecule has 0 aliphatic carbocycles. The maximum absolute atomic E-state index is 13.7. The minimum atomic E-state index is -0.664. The Morgan fingerprint density at radius 3 is 2.37 bits per heavy atom. The Bertz CT molecular complexity index is 404. The highest BCUT2D eigenvalue weighted by Gasteiger charge is 2.25. The van der Waals surface area contributed by atoms with E-state index in [4.69, 9.17) is 0 Å². The number of piperidine rings is 1. The van der Waals surface area contributed by atoms with E-state index in [2.05, 4.69) is 49.9 Å². The van der Waals surface area contributed by atoms with Crippen LogP contribution in [0.5, 0.6) is 0 Å². The molecule has 106 valence electrons. The van der Waals surface area contributed by atoms with Crippen molar-refractivity contribution in [1.82, 2.24) is 4.90 Å². The van der Waals surface area contributed by atoms with Crippen molar-refractivity contribution < 1.29 is 4.39 Å². The fourth-order valence-electron chi connectivity index (χ4n) is 2.60. The van der Waals surface area contributed by atoms with Crippen LogP contribution in [0.2, 0.25) is 0 Å². The van der Waals surface area contributed by atoms with Gasteiger partial charge in [0.15, 0.2) is 0 Å². The second-order valence-corrected chi connectivity index (χ2v) is 6.96. The first-order valence-electron chi connectivity index (χ1n) is 7.32. The summed E-state index contributed by atoms with van der Waals surface area (Å²) in [6, 6.07) is 8.78. The van der Waals surface area contributed by atoms with Crippen LogP contribution in [0, 0.1) is 5.92 Å². The van der Waals surface area contributed by atoms with Crippen molar-refractivity contribution in [3.8, 4) is 0 Å². The Hall–Kier alpha value is -0.890. The Morgan fingerprint density at radius 1 is 1.21 bits per heavy atom. The van der Waals surface area contributed by atoms with Gasteiger partial charge in [0, 0.05) is 13.1 Å². The quantitative estimate of drug-likeness (QED) is 0.774. The molecule has 1 heterocycles. The van der Waals surface area contributed by atoms with Crippen molar-refractivity contribution in [3.05, 3.63) is 35.4 Å². The van der Waals surface area contributed by atoms with Crippen LogP contribution in [0.3, 0.4) is 0 Å². The predicted octanol–water partition coefficient (Wildman–Crippen LogP) is 4.16. The number of likely N-dealkylation sites (tertiary alicyclic amines) is 1. The fourth-order valence-corrected chi connectivity index (χ4v) is 2.60. The minimum absolute atomic E-state index is 0.198. The Kier molecular flexibility index (Phi) is 4.29. The smallest absolute Gasteiger partial charge is 0.115 e. The second-order valence-electron chi connectivity index (χ2n) is 6.96. The van der Waals surface area contributed by atoms with Crippen molar-refractivity contribution in [2.75, 3.05) is 13.1 Å². The molecule has 0 saturated carbocycles. The number of rotatable bonds is 2. The first-order valence-corrected chi connectivity index (χ1v) is 7.32. The van der Waals surface area contributed by atoms with E-state index in [1.165, 1.54) is 11.1 Å². The molecule has 2 atom stereocenters. The molecule has 0 aromatic heterocycles. The van der Waals surface area contributed by atoms with E-state index in [0.717, 1.165) is 19.5 Å². The molecule has 1 saturated heterocycles. The van der Waals surface area contributed by atoms with Gasteiger partial charge in [-0.25, -0.2) is 4.39 Å². The fraction of sp³-hybridized carbons (Fsp3) is 0.647. The van der Waals surface area contributed by atoms with Crippen molar-refractivity contribution in [2.45, 2.75) is 52.2 Å². The highest BCUT2D eigenvalue weighted by Crippen LogP contribution is 2.24. The van der Waals surface area contributed by atoms with Gasteiger partial charge < -0.3 is 0 Å². The van der Waals surface area contributed by atoms with Gasteiger partial charge in [-0.3, -0.25) is 4.90 Å². The minimum Gasteiger partial charge on any atom is -0.296 e. The lowest BCUT2D eigenvalue weighted by Crippen LogP contribution is -2.40. The molecule has 1 aromatic carbocycles. The lowest BCUT2D eigenvalue weighted by atomic mass is 9.86. The molecule has 0 radical (unpaired) electrons. The summed E-state index contributed by atoms with van der Waals surface area (Å²) in [7, 11) is 0. The summed E-state index contributed by atoms with van der Waals surface area (Å²) in [6.45, 7) is 11.2. The molecular weight excluding hydrogens is 237 g/mol. The van der Waals surface area contributed by atoms with E-state index in [-0.39, 0.29) is 11.3 Å². The van der Waals surface area contributed by atoms with Gasteiger partial charge in [0.2, 0.25) is 0 Å². The summed E-state index contributed by atoms with van der Waals surface area (Å²) in [5.74, 6) is 0.222. The first-order chi connectivity index (χ1) is 8.86. The van der Waals surface area contributed by atoms with Crippen LogP contribution >= 0.6 is 0 Å². The van der Waals surface area contributed by atoms with Crippen LogP contribution in [-0.2, 0) is 12.0 Å². The van der Waals surface area contributed by atoms with Crippen LogP contribution < -0.4 is 0 Å². The molecule has 0 N–H and O–H groups in total. The number of benzene rings is 1. The number of halogens is 1. The van der Waals surface area contributed by atoms with Crippen LogP contribution in [0.4, 0.5) is 4.39 Å². The van der Waals surface area contributed by atoms with Gasteiger partial charge in [-0.15, -0.1) is 0 Å². The molecule has 2 heteroatoms. The van der Waals surface area contributed by atoms with Gasteiger partial charge in [-0.2, -0.15) is 0 Å². The zero-order valence-corrected chi connectivity index (χ0v) is 12.6. The summed E-state index contributed by atoms with van der Waals surface area (Å²) in [5.41, 5.74) is 2.84. The summed E-state index contributed by atoms with van der Waals surface area (Å²) in [5, 5.41) is 0. The van der Waals surface area contributed by atoms with E-state index >= 15 is 0 Å². The highest BCUT2D eigenvalue weighted by molar-refractivity contribution is 5.27. The maximum Gasteiger partial charge on any atom is 0.115 e. The highest BCUT2D eigenvalue weighted by atomic mass is 19.1. The first kappa shape index (κ1) is 14.5. The van der Waals surface area contributed by atoms with Gasteiger partial charge in [-0.05, 0) is 35.4 Å². The lowest BCUT2D eigenvalue weighted by Gasteiger charge is -2.33. The van der Waals surface area contributed by atoms with Crippen LogP contribution in [0.25, 0.3) is 0 Å². The lowest BCUT2D eigenvalue weighted by molar-refractivity contribution is 0.0886. The van der Waals surface area contributed by atoms with E-state index in [0.29, 0.717) is 6.54 Å². The normalized spacial score (nSPS) is 25.5. The van der Waals surface area contributed by atoms with Crippen molar-refractivity contribution in [2.24, 2.45) is 5.92 Å². The molecule has 19 heavy (non-hydrogen) atoms. The average molecular weight is 263 g/mol. The predicted molar refractivity (Wildman–Crippen MR) is 79.1 cm³/mol. The third kappa shape index (κ3) is 3.79. The summed E-state index contributed by atoms with van der Waals surface area (Å²) < 4.78 is 13.7. The van der Waals surface area contributed by atoms with E-state index in [1.807, 2.05) is 6.92 Å². The SMILES string of the molecule is C[C@@H]1CCN(Cc2ccc(C(C)(C)C)cc2)C[C@@H]1F. The van der Waals surface area contributed by atoms with Crippen LogP contribution in [0.1, 0.15) is 45.2 Å². The number of hydrogen-bond donors (Lipinski definition) is 0. The Balaban J connectivity index is 1.97. The van der Waals surface area contributed by atoms with Gasteiger partial charge in [0.25, 0.3) is 0 Å². The number of nitrogens with zero attached hydrogens (tertiary/aromatic N) is 1. The van der Waals surface area contributed by atoms with Crippen LogP contribution in [0.15, 0.2) is 24.3 Å². The zero-order chi connectivity index (χ0) is 14.0. The molecule has 0 spiro atoms. The van der Waals surface area contributed by atoms with Crippen LogP contribution in [-0.4, -0.2) is 24.2 Å². The van der Waals surface area contributed by atoms with Crippen molar-refractivity contribution in [3.63, 3.8) is 0 Å². The molecule has 0 bridgehead atoms. The third-order valence-electron chi connectivity index (χ3n) is 4.18. The van der Waals surface area contributed by atoms with E-state index < -0.39 is 6.17 Å². The zero-order valence-electron chi connectivity index (χ0n) is 12.6. The van der Waals surface area contributed by atoms with E-state index in [1.54, 1.807) is 0 Å².